The van der Waals surface area contributed by atoms with E-state index in [1.165, 1.54) is 5.39 Å². The molecule has 3 nitrogen and oxygen atoms in total. The minimum atomic E-state index is 0.233. The number of imidazole rings is 1. The highest BCUT2D eigenvalue weighted by Gasteiger charge is 2.09. The van der Waals surface area contributed by atoms with E-state index in [1.807, 2.05) is 24.3 Å². The number of hydrogen-bond acceptors (Lipinski definition) is 2. The number of nitrogens with one attached hydrogen (secondary N) is 1. The third kappa shape index (κ3) is 1.64. The number of nitrogens with zero attached hydrogens (tertiary/aromatic N) is 1. The van der Waals surface area contributed by atoms with Gasteiger partial charge in [-0.2, -0.15) is 0 Å². The van der Waals surface area contributed by atoms with E-state index in [0.29, 0.717) is 11.4 Å². The summed E-state index contributed by atoms with van der Waals surface area (Å²) in [5.41, 5.74) is 2.59. The summed E-state index contributed by atoms with van der Waals surface area (Å²) in [6.07, 6.45) is 0. The zero-order valence-electron chi connectivity index (χ0n) is 10.7. The molecule has 0 aliphatic rings. The van der Waals surface area contributed by atoms with Crippen molar-refractivity contribution in [3.05, 3.63) is 60.7 Å². The summed E-state index contributed by atoms with van der Waals surface area (Å²) in [6.45, 7) is 0. The largest absolute Gasteiger partial charge is 0.507 e. The average molecular weight is 260 g/mol. The van der Waals surface area contributed by atoms with Crippen LogP contribution < -0.4 is 0 Å². The minimum absolute atomic E-state index is 0.233. The van der Waals surface area contributed by atoms with Crippen LogP contribution in [0.3, 0.4) is 0 Å². The Morgan fingerprint density at radius 1 is 0.850 bits per heavy atom. The number of phenols is 1. The fourth-order valence-electron chi connectivity index (χ4n) is 2.50. The molecule has 1 heterocycles. The Bertz CT molecular complexity index is 872. The summed E-state index contributed by atoms with van der Waals surface area (Å²) in [5, 5.41) is 12.3. The Morgan fingerprint density at radius 2 is 1.55 bits per heavy atom. The second-order valence-corrected chi connectivity index (χ2v) is 4.82. The molecule has 96 valence electrons. The number of benzene rings is 3. The fraction of sp³-hybridized carbons (Fsp3) is 0. The van der Waals surface area contributed by atoms with Gasteiger partial charge in [0.05, 0.1) is 16.6 Å². The first kappa shape index (κ1) is 11.1. The Balaban J connectivity index is 1.99. The zero-order valence-corrected chi connectivity index (χ0v) is 10.7. The van der Waals surface area contributed by atoms with Gasteiger partial charge in [-0.05, 0) is 35.0 Å². The van der Waals surface area contributed by atoms with Crippen LogP contribution in [0.5, 0.6) is 5.75 Å². The van der Waals surface area contributed by atoms with Gasteiger partial charge in [-0.1, -0.05) is 36.4 Å². The molecule has 3 aromatic carbocycles. The van der Waals surface area contributed by atoms with Gasteiger partial charge >= 0.3 is 0 Å². The molecule has 2 N–H and O–H groups in total. The van der Waals surface area contributed by atoms with Crippen molar-refractivity contribution in [3.8, 4) is 17.1 Å². The van der Waals surface area contributed by atoms with Crippen LogP contribution in [0.2, 0.25) is 0 Å². The molecule has 0 fully saturated rings. The summed E-state index contributed by atoms with van der Waals surface area (Å²) >= 11 is 0. The van der Waals surface area contributed by atoms with Crippen LogP contribution >= 0.6 is 0 Å². The van der Waals surface area contributed by atoms with Crippen molar-refractivity contribution in [1.82, 2.24) is 9.97 Å². The number of rotatable bonds is 1. The van der Waals surface area contributed by atoms with Crippen LogP contribution in [0.1, 0.15) is 0 Å². The highest BCUT2D eigenvalue weighted by Crippen LogP contribution is 2.29. The van der Waals surface area contributed by atoms with E-state index in [0.717, 1.165) is 16.4 Å². The lowest BCUT2D eigenvalue weighted by atomic mass is 10.1. The van der Waals surface area contributed by atoms with E-state index in [1.54, 1.807) is 12.1 Å². The topological polar surface area (TPSA) is 48.9 Å². The van der Waals surface area contributed by atoms with E-state index >= 15 is 0 Å². The highest BCUT2D eigenvalue weighted by molar-refractivity contribution is 5.96. The lowest BCUT2D eigenvalue weighted by Crippen LogP contribution is -1.80. The molecule has 0 atom stereocenters. The predicted octanol–water partition coefficient (Wildman–Crippen LogP) is 4.09. The second kappa shape index (κ2) is 4.10. The lowest BCUT2D eigenvalue weighted by molar-refractivity contribution is 0.477. The van der Waals surface area contributed by atoms with Crippen LogP contribution in [0.4, 0.5) is 0 Å². The third-order valence-corrected chi connectivity index (χ3v) is 3.51. The van der Waals surface area contributed by atoms with Crippen LogP contribution in [0.25, 0.3) is 33.2 Å². The van der Waals surface area contributed by atoms with Gasteiger partial charge in [-0.25, -0.2) is 4.98 Å². The molecule has 4 aromatic rings. The SMILES string of the molecule is Oc1ccccc1-c1nc2cc3ccccc3cc2[nH]1. The molecule has 1 aromatic heterocycles. The Kier molecular flexibility index (Phi) is 2.27. The molecule has 0 radical (unpaired) electrons. The van der Waals surface area contributed by atoms with Gasteiger partial charge in [-0.3, -0.25) is 0 Å². The summed E-state index contributed by atoms with van der Waals surface area (Å²) in [6, 6.07) is 19.5. The quantitative estimate of drug-likeness (QED) is 0.541. The standard InChI is InChI=1S/C17H12N2O/c20-16-8-4-3-7-13(16)17-18-14-9-11-5-1-2-6-12(11)10-15(14)19-17/h1-10,20H,(H,18,19). The smallest absolute Gasteiger partial charge is 0.142 e. The van der Waals surface area contributed by atoms with Crippen LogP contribution in [0, 0.1) is 0 Å². The Morgan fingerprint density at radius 3 is 2.35 bits per heavy atom. The van der Waals surface area contributed by atoms with Crippen molar-refractivity contribution in [3.63, 3.8) is 0 Å². The van der Waals surface area contributed by atoms with Gasteiger partial charge in [0.2, 0.25) is 0 Å². The highest BCUT2D eigenvalue weighted by atomic mass is 16.3. The van der Waals surface area contributed by atoms with E-state index in [9.17, 15) is 5.11 Å². The van der Waals surface area contributed by atoms with Gasteiger partial charge in [-0.15, -0.1) is 0 Å². The molecule has 3 heteroatoms. The van der Waals surface area contributed by atoms with E-state index in [2.05, 4.69) is 34.2 Å². The molecule has 0 spiro atoms. The number of fused-ring (bicyclic) bond motifs is 2. The summed E-state index contributed by atoms with van der Waals surface area (Å²) in [4.78, 5) is 7.85. The summed E-state index contributed by atoms with van der Waals surface area (Å²) in [7, 11) is 0. The normalized spacial score (nSPS) is 11.2. The third-order valence-electron chi connectivity index (χ3n) is 3.51. The molecule has 20 heavy (non-hydrogen) atoms. The summed E-state index contributed by atoms with van der Waals surface area (Å²) in [5.74, 6) is 0.921. The van der Waals surface area contributed by atoms with Gasteiger partial charge in [0.1, 0.15) is 11.6 Å². The monoisotopic (exact) mass is 260 g/mol. The van der Waals surface area contributed by atoms with Gasteiger partial charge in [0.15, 0.2) is 0 Å². The molecule has 0 unspecified atom stereocenters. The lowest BCUT2D eigenvalue weighted by Gasteiger charge is -1.98. The number of hydrogen-bond donors (Lipinski definition) is 2. The van der Waals surface area contributed by atoms with E-state index < -0.39 is 0 Å². The molecule has 0 aliphatic carbocycles. The number of para-hydroxylation sites is 1. The first-order valence-electron chi connectivity index (χ1n) is 6.48. The molecule has 4 rings (SSSR count). The van der Waals surface area contributed by atoms with Crippen molar-refractivity contribution < 1.29 is 5.11 Å². The van der Waals surface area contributed by atoms with Crippen molar-refractivity contribution in [2.45, 2.75) is 0 Å². The Hall–Kier alpha value is -2.81. The average Bonchev–Trinajstić information content (AvgIpc) is 2.87. The number of H-pyrrole nitrogens is 1. The van der Waals surface area contributed by atoms with Crippen molar-refractivity contribution in [2.24, 2.45) is 0 Å². The maximum Gasteiger partial charge on any atom is 0.142 e. The Labute approximate surface area is 115 Å². The second-order valence-electron chi connectivity index (χ2n) is 4.82. The number of aromatic nitrogens is 2. The molecule has 0 bridgehead atoms. The van der Waals surface area contributed by atoms with E-state index in [-0.39, 0.29) is 5.75 Å². The van der Waals surface area contributed by atoms with Crippen LogP contribution in [-0.2, 0) is 0 Å². The molecule has 0 aliphatic heterocycles. The maximum atomic E-state index is 9.92. The van der Waals surface area contributed by atoms with Gasteiger partial charge in [0, 0.05) is 0 Å². The van der Waals surface area contributed by atoms with Crippen molar-refractivity contribution in [1.29, 1.82) is 0 Å². The molecule has 0 saturated heterocycles. The first-order valence-corrected chi connectivity index (χ1v) is 6.48. The molecular weight excluding hydrogens is 248 g/mol. The first-order chi connectivity index (χ1) is 9.81. The van der Waals surface area contributed by atoms with Crippen LogP contribution in [-0.4, -0.2) is 15.1 Å². The summed E-state index contributed by atoms with van der Waals surface area (Å²) < 4.78 is 0. The van der Waals surface area contributed by atoms with Gasteiger partial charge in [0.25, 0.3) is 0 Å². The zero-order chi connectivity index (χ0) is 13.5. The molecular formula is C17H12N2O. The van der Waals surface area contributed by atoms with Crippen LogP contribution in [0.15, 0.2) is 60.7 Å². The molecule has 0 amide bonds. The number of aromatic amines is 1. The fourth-order valence-corrected chi connectivity index (χ4v) is 2.50. The van der Waals surface area contributed by atoms with Crippen molar-refractivity contribution >= 4 is 21.8 Å². The van der Waals surface area contributed by atoms with E-state index in [4.69, 9.17) is 0 Å². The minimum Gasteiger partial charge on any atom is -0.507 e. The van der Waals surface area contributed by atoms with Gasteiger partial charge < -0.3 is 10.1 Å². The molecule has 0 saturated carbocycles. The predicted molar refractivity (Wildman–Crippen MR) is 80.7 cm³/mol. The number of phenolic OH excluding ortho intramolecular Hbond substituents is 1. The van der Waals surface area contributed by atoms with Crippen molar-refractivity contribution in [2.75, 3.05) is 0 Å². The maximum absolute atomic E-state index is 9.92. The number of aromatic hydroxyl groups is 1.